The fourth-order valence-electron chi connectivity index (χ4n) is 10.4. The maximum atomic E-state index is 2.72. The van der Waals surface area contributed by atoms with Gasteiger partial charge in [0.1, 0.15) is 0 Å². The van der Waals surface area contributed by atoms with E-state index in [1.165, 1.54) is 105 Å². The number of hydrogen-bond acceptors (Lipinski definition) is 0. The fourth-order valence-corrected chi connectivity index (χ4v) is 15.4. The summed E-state index contributed by atoms with van der Waals surface area (Å²) >= 11 is 0. The molecule has 0 heterocycles. The van der Waals surface area contributed by atoms with Crippen molar-refractivity contribution >= 4 is 20.2 Å². The normalized spacial score (nSPS) is 15.6. The van der Waals surface area contributed by atoms with Crippen LogP contribution in [0.5, 0.6) is 0 Å². The Morgan fingerprint density at radius 1 is 0.411 bits per heavy atom. The van der Waals surface area contributed by atoms with Crippen LogP contribution in [0.3, 0.4) is 0 Å². The summed E-state index contributed by atoms with van der Waals surface area (Å²) in [4.78, 5) is 0. The summed E-state index contributed by atoms with van der Waals surface area (Å²) in [7, 11) is -2.04. The van der Waals surface area contributed by atoms with E-state index >= 15 is 0 Å². The minimum Gasteiger partial charge on any atom is -1.00 e. The average molecular weight is 883 g/mol. The Labute approximate surface area is 374 Å². The molecule has 2 aliphatic rings. The van der Waals surface area contributed by atoms with Gasteiger partial charge >= 0.3 is 26.2 Å². The molecule has 4 aromatic carbocycles. The molecule has 0 saturated heterocycles. The Bertz CT molecular complexity index is 1830. The second-order valence-electron chi connectivity index (χ2n) is 17.3. The predicted octanol–water partition coefficient (Wildman–Crippen LogP) is 9.23. The third kappa shape index (κ3) is 10.1. The maximum Gasteiger partial charge on any atom is 2.00 e. The van der Waals surface area contributed by atoms with Crippen molar-refractivity contribution in [3.8, 4) is 22.3 Å². The van der Waals surface area contributed by atoms with Gasteiger partial charge in [-0.2, -0.15) is 0 Å². The first-order valence-corrected chi connectivity index (χ1v) is 24.7. The second kappa shape index (κ2) is 21.3. The van der Waals surface area contributed by atoms with E-state index in [0.29, 0.717) is 11.1 Å². The summed E-state index contributed by atoms with van der Waals surface area (Å²) in [6.07, 6.45) is 19.2. The van der Waals surface area contributed by atoms with Crippen molar-refractivity contribution in [1.82, 2.24) is 0 Å². The number of halogens is 2. The van der Waals surface area contributed by atoms with E-state index < -0.39 is 8.07 Å². The van der Waals surface area contributed by atoms with Gasteiger partial charge in [-0.3, -0.25) is 0 Å². The standard InChI is InChI=1S/C52H68Si.2ClH.Zr/c1-11-17-37-25-38(18-12-2)28-43(27-37)45-31-41(21-15-5)33-49-47(45)23-35(7)51(49)53(9,10)52-36(8)24-48-46(32-42(22-16-6)34-50(48)52)44-29-39(19-13-3)26-40(30-44)20-14-4;;;/h23-34,51-52H,11-22H2,1-10H3;2*1H;/q;;;+2/p-2. The van der Waals surface area contributed by atoms with Crippen molar-refractivity contribution in [2.24, 2.45) is 0 Å². The Morgan fingerprint density at radius 2 is 0.679 bits per heavy atom. The molecule has 298 valence electrons. The Kier molecular flexibility index (Phi) is 18.4. The van der Waals surface area contributed by atoms with Crippen molar-refractivity contribution in [3.05, 3.63) is 127 Å². The first-order chi connectivity index (χ1) is 25.6. The van der Waals surface area contributed by atoms with E-state index in [9.17, 15) is 0 Å². The largest absolute Gasteiger partial charge is 2.00 e. The van der Waals surface area contributed by atoms with Crippen molar-refractivity contribution < 1.29 is 51.0 Å². The van der Waals surface area contributed by atoms with E-state index in [1.54, 1.807) is 22.3 Å². The zero-order chi connectivity index (χ0) is 37.9. The van der Waals surface area contributed by atoms with E-state index in [0.717, 1.165) is 38.5 Å². The molecular formula is C52H68Cl2SiZr. The van der Waals surface area contributed by atoms with Gasteiger partial charge in [-0.1, -0.05) is 177 Å². The van der Waals surface area contributed by atoms with Crippen molar-refractivity contribution in [2.75, 3.05) is 0 Å². The van der Waals surface area contributed by atoms with Gasteiger partial charge in [0.2, 0.25) is 0 Å². The molecular weight excluding hydrogens is 815 g/mol. The molecule has 0 bridgehead atoms. The van der Waals surface area contributed by atoms with Gasteiger partial charge in [0.25, 0.3) is 0 Å². The molecule has 0 N–H and O–H groups in total. The summed E-state index contributed by atoms with van der Waals surface area (Å²) < 4.78 is 0. The third-order valence-corrected chi connectivity index (χ3v) is 16.8. The molecule has 2 unspecified atom stereocenters. The van der Waals surface area contributed by atoms with Crippen LogP contribution in [-0.4, -0.2) is 8.07 Å². The summed E-state index contributed by atoms with van der Waals surface area (Å²) in [5, 5.41) is 0. The first-order valence-electron chi connectivity index (χ1n) is 21.5. The maximum absolute atomic E-state index is 2.72. The quantitative estimate of drug-likeness (QED) is 0.0986. The summed E-state index contributed by atoms with van der Waals surface area (Å²) in [5.74, 6) is 0. The number of benzene rings is 4. The molecule has 0 amide bonds. The van der Waals surface area contributed by atoms with Gasteiger partial charge in [0, 0.05) is 11.1 Å². The van der Waals surface area contributed by atoms with E-state index in [2.05, 4.69) is 141 Å². The van der Waals surface area contributed by atoms with Crippen molar-refractivity contribution in [3.63, 3.8) is 0 Å². The van der Waals surface area contributed by atoms with E-state index in [4.69, 9.17) is 0 Å². The molecule has 4 heteroatoms. The smallest absolute Gasteiger partial charge is 1.00 e. The predicted molar refractivity (Wildman–Crippen MR) is 238 cm³/mol. The molecule has 2 aliphatic carbocycles. The number of aryl methyl sites for hydroxylation is 6. The molecule has 0 saturated carbocycles. The van der Waals surface area contributed by atoms with E-state index in [1.807, 2.05) is 0 Å². The number of hydrogen-bond donors (Lipinski definition) is 0. The minimum atomic E-state index is -2.04. The Balaban J connectivity index is 0.00000280. The molecule has 56 heavy (non-hydrogen) atoms. The summed E-state index contributed by atoms with van der Waals surface area (Å²) in [6.45, 7) is 24.3. The second-order valence-corrected chi connectivity index (χ2v) is 22.1. The summed E-state index contributed by atoms with van der Waals surface area (Å²) in [6, 6.07) is 25.4. The topological polar surface area (TPSA) is 0 Å². The molecule has 0 nitrogen and oxygen atoms in total. The third-order valence-electron chi connectivity index (χ3n) is 12.3. The van der Waals surface area contributed by atoms with Gasteiger partial charge < -0.3 is 24.8 Å². The van der Waals surface area contributed by atoms with Crippen LogP contribution in [0.25, 0.3) is 34.4 Å². The van der Waals surface area contributed by atoms with Gasteiger partial charge in [-0.15, -0.1) is 0 Å². The monoisotopic (exact) mass is 880 g/mol. The molecule has 0 aliphatic heterocycles. The van der Waals surface area contributed by atoms with Crippen molar-refractivity contribution in [2.45, 2.75) is 157 Å². The minimum absolute atomic E-state index is 0. The summed E-state index contributed by atoms with van der Waals surface area (Å²) in [5.41, 5.74) is 25.2. The van der Waals surface area contributed by atoms with Crippen LogP contribution in [0.1, 0.15) is 161 Å². The average Bonchev–Trinajstić information content (AvgIpc) is 3.64. The molecule has 0 radical (unpaired) electrons. The van der Waals surface area contributed by atoms with Crippen LogP contribution in [0.15, 0.2) is 71.8 Å². The van der Waals surface area contributed by atoms with Crippen molar-refractivity contribution in [1.29, 1.82) is 0 Å². The van der Waals surface area contributed by atoms with Crippen LogP contribution in [0.2, 0.25) is 13.1 Å². The molecule has 6 rings (SSSR count). The Hall–Kier alpha value is -1.96. The fraction of sp³-hybridized carbons (Fsp3) is 0.462. The van der Waals surface area contributed by atoms with Gasteiger partial charge in [-0.05, 0) is 130 Å². The van der Waals surface area contributed by atoms with Gasteiger partial charge in [0.05, 0.1) is 8.07 Å². The zero-order valence-electron chi connectivity index (χ0n) is 36.3. The first kappa shape index (κ1) is 48.4. The molecule has 4 aromatic rings. The zero-order valence-corrected chi connectivity index (χ0v) is 41.3. The molecule has 0 aromatic heterocycles. The van der Waals surface area contributed by atoms with Crippen LogP contribution in [-0.2, 0) is 64.7 Å². The number of fused-ring (bicyclic) bond motifs is 2. The van der Waals surface area contributed by atoms with Gasteiger partial charge in [0.15, 0.2) is 0 Å². The van der Waals surface area contributed by atoms with Gasteiger partial charge in [-0.25, -0.2) is 0 Å². The Morgan fingerprint density at radius 3 is 0.946 bits per heavy atom. The van der Waals surface area contributed by atoms with E-state index in [-0.39, 0.29) is 51.0 Å². The van der Waals surface area contributed by atoms with Crippen LogP contribution >= 0.6 is 0 Å². The van der Waals surface area contributed by atoms with Crippen LogP contribution < -0.4 is 24.8 Å². The molecule has 0 spiro atoms. The number of rotatable bonds is 16. The van der Waals surface area contributed by atoms with Crippen LogP contribution in [0.4, 0.5) is 0 Å². The SMILES string of the molecule is CCCc1cc(CCC)cc(-c2cc(CCC)cc3c2C=C(C)C3[Si](C)(C)C2C(C)=Cc3c(-c4cc(CCC)cc(CCC)c4)cc(CCC)cc32)c1.[Cl-].[Cl-].[Zr+2]. The molecule has 2 atom stereocenters. The number of allylic oxidation sites excluding steroid dienone is 2. The molecule has 0 fully saturated rings. The van der Waals surface area contributed by atoms with Crippen LogP contribution in [0, 0.1) is 0 Å².